The van der Waals surface area contributed by atoms with Crippen molar-refractivity contribution in [1.29, 1.82) is 0 Å². The Kier molecular flexibility index (Phi) is 6.46. The molecule has 1 aromatic carbocycles. The minimum Gasteiger partial charge on any atom is -0.488 e. The normalized spacial score (nSPS) is 12.4. The fourth-order valence-electron chi connectivity index (χ4n) is 1.77. The molecule has 0 radical (unpaired) electrons. The number of nitrogens with one attached hydrogen (secondary N) is 1. The maximum atomic E-state index is 12.3. The quantitative estimate of drug-likeness (QED) is 0.712. The SMILES string of the molecule is CC(C)(CCC(=O)O)NS(=O)(=O)c1ccc(OCC(F)F)cc1. The fourth-order valence-corrected chi connectivity index (χ4v) is 3.21. The monoisotopic (exact) mass is 351 g/mol. The van der Waals surface area contributed by atoms with Crippen LogP contribution in [0.3, 0.4) is 0 Å². The van der Waals surface area contributed by atoms with Crippen LogP contribution in [0, 0.1) is 0 Å². The molecule has 0 heterocycles. The van der Waals surface area contributed by atoms with E-state index in [0.29, 0.717) is 0 Å². The average molecular weight is 351 g/mol. The van der Waals surface area contributed by atoms with Crippen LogP contribution in [0.4, 0.5) is 8.78 Å². The highest BCUT2D eigenvalue weighted by molar-refractivity contribution is 7.89. The van der Waals surface area contributed by atoms with E-state index in [4.69, 9.17) is 9.84 Å². The van der Waals surface area contributed by atoms with Crippen molar-refractivity contribution in [2.45, 2.75) is 43.5 Å². The van der Waals surface area contributed by atoms with Crippen molar-refractivity contribution in [1.82, 2.24) is 4.72 Å². The molecule has 130 valence electrons. The molecule has 0 aliphatic carbocycles. The third-order valence-electron chi connectivity index (χ3n) is 2.88. The maximum Gasteiger partial charge on any atom is 0.303 e. The Balaban J connectivity index is 2.77. The zero-order valence-corrected chi connectivity index (χ0v) is 13.6. The molecule has 0 atom stereocenters. The number of halogens is 2. The van der Waals surface area contributed by atoms with Gasteiger partial charge in [-0.25, -0.2) is 21.9 Å². The van der Waals surface area contributed by atoms with Crippen molar-refractivity contribution in [3.63, 3.8) is 0 Å². The molecule has 0 saturated heterocycles. The number of carboxylic acid groups (broad SMARTS) is 1. The summed E-state index contributed by atoms with van der Waals surface area (Å²) in [4.78, 5) is 10.5. The molecule has 0 aliphatic heterocycles. The van der Waals surface area contributed by atoms with Crippen molar-refractivity contribution >= 4 is 16.0 Å². The van der Waals surface area contributed by atoms with Crippen molar-refractivity contribution in [3.8, 4) is 5.75 Å². The van der Waals surface area contributed by atoms with Crippen LogP contribution in [0.2, 0.25) is 0 Å². The summed E-state index contributed by atoms with van der Waals surface area (Å²) in [6.45, 7) is 2.38. The van der Waals surface area contributed by atoms with E-state index in [1.165, 1.54) is 24.3 Å². The zero-order chi connectivity index (χ0) is 17.7. The highest BCUT2D eigenvalue weighted by Crippen LogP contribution is 2.20. The van der Waals surface area contributed by atoms with Crippen molar-refractivity contribution in [2.24, 2.45) is 0 Å². The molecule has 0 amide bonds. The molecule has 23 heavy (non-hydrogen) atoms. The van der Waals surface area contributed by atoms with Crippen LogP contribution in [-0.2, 0) is 14.8 Å². The molecule has 0 bridgehead atoms. The first-order valence-corrected chi connectivity index (χ1v) is 8.27. The van der Waals surface area contributed by atoms with Crippen LogP contribution < -0.4 is 9.46 Å². The maximum absolute atomic E-state index is 12.3. The summed E-state index contributed by atoms with van der Waals surface area (Å²) < 4.78 is 55.8. The summed E-state index contributed by atoms with van der Waals surface area (Å²) in [5.41, 5.74) is -0.942. The van der Waals surface area contributed by atoms with Gasteiger partial charge in [0.05, 0.1) is 4.90 Å². The second kappa shape index (κ2) is 7.69. The molecule has 9 heteroatoms. The third kappa shape index (κ3) is 6.91. The van der Waals surface area contributed by atoms with E-state index in [1.54, 1.807) is 13.8 Å². The van der Waals surface area contributed by atoms with Crippen molar-refractivity contribution in [3.05, 3.63) is 24.3 Å². The standard InChI is InChI=1S/C14H19F2NO5S/c1-14(2,8-7-13(18)19)17-23(20,21)11-5-3-10(4-6-11)22-9-12(15)16/h3-6,12,17H,7-9H2,1-2H3,(H,18,19). The summed E-state index contributed by atoms with van der Waals surface area (Å²) >= 11 is 0. The Morgan fingerprint density at radius 1 is 1.30 bits per heavy atom. The molecule has 0 aliphatic rings. The highest BCUT2D eigenvalue weighted by Gasteiger charge is 2.26. The van der Waals surface area contributed by atoms with Crippen LogP contribution in [0.15, 0.2) is 29.2 Å². The van der Waals surface area contributed by atoms with Gasteiger partial charge in [0.25, 0.3) is 6.43 Å². The summed E-state index contributed by atoms with van der Waals surface area (Å²) in [5.74, 6) is -0.882. The van der Waals surface area contributed by atoms with Gasteiger partial charge in [0.2, 0.25) is 10.0 Å². The summed E-state index contributed by atoms with van der Waals surface area (Å²) in [6, 6.07) is 5.02. The van der Waals surface area contributed by atoms with Gasteiger partial charge in [-0.3, -0.25) is 4.79 Å². The van der Waals surface area contributed by atoms with E-state index < -0.39 is 34.6 Å². The zero-order valence-electron chi connectivity index (χ0n) is 12.8. The first-order valence-electron chi connectivity index (χ1n) is 6.79. The number of carboxylic acids is 1. The molecule has 1 aromatic rings. The van der Waals surface area contributed by atoms with Gasteiger partial charge >= 0.3 is 5.97 Å². The van der Waals surface area contributed by atoms with Crippen molar-refractivity contribution < 1.29 is 31.8 Å². The lowest BCUT2D eigenvalue weighted by molar-refractivity contribution is -0.137. The number of benzene rings is 1. The number of ether oxygens (including phenoxy) is 1. The second-order valence-corrected chi connectivity index (χ2v) is 7.24. The molecule has 0 fully saturated rings. The lowest BCUT2D eigenvalue weighted by Crippen LogP contribution is -2.43. The van der Waals surface area contributed by atoms with Crippen LogP contribution in [-0.4, -0.2) is 38.1 Å². The van der Waals surface area contributed by atoms with Crippen LogP contribution >= 0.6 is 0 Å². The van der Waals surface area contributed by atoms with E-state index in [0.717, 1.165) is 0 Å². The molecular weight excluding hydrogens is 332 g/mol. The first kappa shape index (κ1) is 19.3. The number of carbonyl (C=O) groups is 1. The Morgan fingerprint density at radius 3 is 2.35 bits per heavy atom. The molecule has 0 unspecified atom stereocenters. The van der Waals surface area contributed by atoms with Gasteiger partial charge in [-0.05, 0) is 44.5 Å². The van der Waals surface area contributed by atoms with E-state index in [2.05, 4.69) is 4.72 Å². The number of alkyl halides is 2. The Morgan fingerprint density at radius 2 is 1.87 bits per heavy atom. The van der Waals surface area contributed by atoms with Gasteiger partial charge in [-0.15, -0.1) is 0 Å². The molecule has 0 spiro atoms. The highest BCUT2D eigenvalue weighted by atomic mass is 32.2. The molecular formula is C14H19F2NO5S. The van der Waals surface area contributed by atoms with E-state index in [1.807, 2.05) is 0 Å². The van der Waals surface area contributed by atoms with Gasteiger partial charge in [-0.1, -0.05) is 0 Å². The first-order chi connectivity index (χ1) is 10.5. The van der Waals surface area contributed by atoms with Gasteiger partial charge in [0.1, 0.15) is 12.4 Å². The Hall–Kier alpha value is -1.74. The average Bonchev–Trinajstić information content (AvgIpc) is 2.42. The number of rotatable bonds is 9. The van der Waals surface area contributed by atoms with Gasteiger partial charge < -0.3 is 9.84 Å². The van der Waals surface area contributed by atoms with Crippen LogP contribution in [0.25, 0.3) is 0 Å². The van der Waals surface area contributed by atoms with E-state index >= 15 is 0 Å². The smallest absolute Gasteiger partial charge is 0.303 e. The number of hydrogen-bond donors (Lipinski definition) is 2. The van der Waals surface area contributed by atoms with Gasteiger partial charge in [0, 0.05) is 12.0 Å². The van der Waals surface area contributed by atoms with Crippen molar-refractivity contribution in [2.75, 3.05) is 6.61 Å². The molecule has 0 saturated carbocycles. The molecule has 0 aromatic heterocycles. The third-order valence-corrected chi connectivity index (χ3v) is 4.60. The topological polar surface area (TPSA) is 92.7 Å². The minimum absolute atomic E-state index is 0.0645. The van der Waals surface area contributed by atoms with Gasteiger partial charge in [-0.2, -0.15) is 0 Å². The van der Waals surface area contributed by atoms with Crippen LogP contribution in [0.1, 0.15) is 26.7 Å². The largest absolute Gasteiger partial charge is 0.488 e. The van der Waals surface area contributed by atoms with Crippen LogP contribution in [0.5, 0.6) is 5.75 Å². The number of sulfonamides is 1. The molecule has 6 nitrogen and oxygen atoms in total. The number of hydrogen-bond acceptors (Lipinski definition) is 4. The predicted octanol–water partition coefficient (Wildman–Crippen LogP) is 2.25. The minimum atomic E-state index is -3.86. The van der Waals surface area contributed by atoms with Gasteiger partial charge in [0.15, 0.2) is 0 Å². The lowest BCUT2D eigenvalue weighted by Gasteiger charge is -2.25. The summed E-state index contributed by atoms with van der Waals surface area (Å²) in [5, 5.41) is 8.67. The second-order valence-electron chi connectivity index (χ2n) is 5.56. The van der Waals surface area contributed by atoms with E-state index in [9.17, 15) is 22.0 Å². The molecule has 1 rings (SSSR count). The Labute approximate surface area is 133 Å². The lowest BCUT2D eigenvalue weighted by atomic mass is 10.0. The predicted molar refractivity (Wildman–Crippen MR) is 79.2 cm³/mol. The summed E-state index contributed by atoms with van der Waals surface area (Å²) in [7, 11) is -3.86. The molecule has 2 N–H and O–H groups in total. The van der Waals surface area contributed by atoms with E-state index in [-0.39, 0.29) is 23.5 Å². The summed E-state index contributed by atoms with van der Waals surface area (Å²) in [6.07, 6.45) is -2.66. The Bertz CT molecular complexity index is 629. The number of aliphatic carboxylic acids is 1. The fraction of sp³-hybridized carbons (Fsp3) is 0.500.